The maximum atomic E-state index is 10.2. The second kappa shape index (κ2) is 4.06. The topological polar surface area (TPSA) is 23.5 Å². The van der Waals surface area contributed by atoms with Gasteiger partial charge in [-0.05, 0) is 45.1 Å². The number of aliphatic hydroxyl groups is 1. The van der Waals surface area contributed by atoms with Gasteiger partial charge in [0.2, 0.25) is 0 Å². The predicted molar refractivity (Wildman–Crippen MR) is 64.9 cm³/mol. The van der Waals surface area contributed by atoms with Crippen molar-refractivity contribution in [3.63, 3.8) is 0 Å². The standard InChI is InChI=1S/C13H27NO/c1-12(2,3)10-7-8-14(9-11(10)15)13(4,5)6/h10-11,15H,7-9H2,1-6H3/t10?,11-/m1/s1. The largest absolute Gasteiger partial charge is 0.391 e. The average molecular weight is 213 g/mol. The molecule has 1 aliphatic heterocycles. The summed E-state index contributed by atoms with van der Waals surface area (Å²) in [5.41, 5.74) is 0.410. The van der Waals surface area contributed by atoms with Crippen LogP contribution in [-0.4, -0.2) is 34.7 Å². The van der Waals surface area contributed by atoms with Gasteiger partial charge in [0, 0.05) is 12.1 Å². The second-order valence-corrected chi connectivity index (χ2v) is 6.95. The number of hydrogen-bond donors (Lipinski definition) is 1. The first kappa shape index (κ1) is 13.0. The Morgan fingerprint density at radius 2 is 1.60 bits per heavy atom. The molecule has 0 aromatic heterocycles. The second-order valence-electron chi connectivity index (χ2n) is 6.95. The van der Waals surface area contributed by atoms with E-state index in [1.54, 1.807) is 0 Å². The summed E-state index contributed by atoms with van der Waals surface area (Å²) in [6.45, 7) is 15.3. The smallest absolute Gasteiger partial charge is 0.0700 e. The molecule has 1 aliphatic rings. The van der Waals surface area contributed by atoms with Crippen molar-refractivity contribution in [2.24, 2.45) is 11.3 Å². The predicted octanol–water partition coefficient (Wildman–Crippen LogP) is 2.51. The summed E-state index contributed by atoms with van der Waals surface area (Å²) in [5, 5.41) is 10.2. The minimum Gasteiger partial charge on any atom is -0.391 e. The number of nitrogens with zero attached hydrogens (tertiary/aromatic N) is 1. The van der Waals surface area contributed by atoms with Crippen LogP contribution in [0.2, 0.25) is 0 Å². The van der Waals surface area contributed by atoms with Gasteiger partial charge in [-0.2, -0.15) is 0 Å². The van der Waals surface area contributed by atoms with Crippen molar-refractivity contribution in [2.45, 2.75) is 59.6 Å². The molecule has 2 atom stereocenters. The van der Waals surface area contributed by atoms with E-state index in [-0.39, 0.29) is 17.1 Å². The van der Waals surface area contributed by atoms with Crippen molar-refractivity contribution in [1.82, 2.24) is 4.90 Å². The van der Waals surface area contributed by atoms with E-state index in [0.717, 1.165) is 19.5 Å². The highest BCUT2D eigenvalue weighted by atomic mass is 16.3. The first-order valence-corrected chi connectivity index (χ1v) is 6.05. The van der Waals surface area contributed by atoms with Crippen LogP contribution in [0.3, 0.4) is 0 Å². The lowest BCUT2D eigenvalue weighted by Gasteiger charge is -2.47. The van der Waals surface area contributed by atoms with Gasteiger partial charge in [0.05, 0.1) is 6.10 Å². The minimum atomic E-state index is -0.169. The molecular formula is C13H27NO. The molecule has 1 fully saturated rings. The highest BCUT2D eigenvalue weighted by molar-refractivity contribution is 4.90. The van der Waals surface area contributed by atoms with E-state index >= 15 is 0 Å². The molecule has 1 rings (SSSR count). The zero-order valence-electron chi connectivity index (χ0n) is 11.2. The molecule has 2 nitrogen and oxygen atoms in total. The lowest BCUT2D eigenvalue weighted by Crippen LogP contribution is -2.54. The summed E-state index contributed by atoms with van der Waals surface area (Å²) in [7, 11) is 0. The summed E-state index contributed by atoms with van der Waals surface area (Å²) < 4.78 is 0. The van der Waals surface area contributed by atoms with Gasteiger partial charge in [0.25, 0.3) is 0 Å². The summed E-state index contributed by atoms with van der Waals surface area (Å²) in [5.74, 6) is 0.441. The van der Waals surface area contributed by atoms with Crippen LogP contribution in [0.4, 0.5) is 0 Å². The Morgan fingerprint density at radius 1 is 1.07 bits per heavy atom. The van der Waals surface area contributed by atoms with Gasteiger partial charge in [-0.3, -0.25) is 4.90 Å². The van der Waals surface area contributed by atoms with Gasteiger partial charge >= 0.3 is 0 Å². The summed E-state index contributed by atoms with van der Waals surface area (Å²) in [6, 6.07) is 0. The van der Waals surface area contributed by atoms with Crippen molar-refractivity contribution in [2.75, 3.05) is 13.1 Å². The number of hydrogen-bond acceptors (Lipinski definition) is 2. The van der Waals surface area contributed by atoms with E-state index in [9.17, 15) is 5.11 Å². The molecule has 0 bridgehead atoms. The van der Waals surface area contributed by atoms with Crippen molar-refractivity contribution >= 4 is 0 Å². The summed E-state index contributed by atoms with van der Waals surface area (Å²) >= 11 is 0. The zero-order valence-corrected chi connectivity index (χ0v) is 11.2. The highest BCUT2D eigenvalue weighted by Crippen LogP contribution is 2.36. The van der Waals surface area contributed by atoms with E-state index in [1.165, 1.54) is 0 Å². The van der Waals surface area contributed by atoms with Crippen LogP contribution in [0.25, 0.3) is 0 Å². The third kappa shape index (κ3) is 3.18. The van der Waals surface area contributed by atoms with Crippen molar-refractivity contribution < 1.29 is 5.11 Å². The van der Waals surface area contributed by atoms with Crippen LogP contribution in [-0.2, 0) is 0 Å². The van der Waals surface area contributed by atoms with Gasteiger partial charge < -0.3 is 5.11 Å². The molecule has 1 saturated heterocycles. The molecule has 15 heavy (non-hydrogen) atoms. The summed E-state index contributed by atoms with van der Waals surface area (Å²) in [4.78, 5) is 2.39. The van der Waals surface area contributed by atoms with E-state index in [4.69, 9.17) is 0 Å². The van der Waals surface area contributed by atoms with Crippen molar-refractivity contribution in [3.8, 4) is 0 Å². The van der Waals surface area contributed by atoms with E-state index in [1.807, 2.05) is 0 Å². The Kier molecular flexibility index (Phi) is 3.52. The molecule has 0 saturated carbocycles. The normalized spacial score (nSPS) is 30.6. The van der Waals surface area contributed by atoms with Gasteiger partial charge in [-0.1, -0.05) is 20.8 Å². The average Bonchev–Trinajstić information content (AvgIpc) is 1.99. The Balaban J connectivity index is 2.64. The van der Waals surface area contributed by atoms with Crippen LogP contribution < -0.4 is 0 Å². The van der Waals surface area contributed by atoms with Crippen LogP contribution in [0.1, 0.15) is 48.0 Å². The van der Waals surface area contributed by atoms with Gasteiger partial charge in [0.15, 0.2) is 0 Å². The number of rotatable bonds is 0. The lowest BCUT2D eigenvalue weighted by atomic mass is 9.73. The lowest BCUT2D eigenvalue weighted by molar-refractivity contribution is -0.0501. The van der Waals surface area contributed by atoms with E-state index in [2.05, 4.69) is 46.4 Å². The molecule has 0 aromatic carbocycles. The molecule has 2 heteroatoms. The molecule has 0 radical (unpaired) electrons. The molecular weight excluding hydrogens is 186 g/mol. The number of piperidine rings is 1. The van der Waals surface area contributed by atoms with Crippen LogP contribution in [0.15, 0.2) is 0 Å². The minimum absolute atomic E-state index is 0.169. The molecule has 0 aromatic rings. The Hall–Kier alpha value is -0.0800. The SMILES string of the molecule is CC(C)(C)C1CCN(C(C)(C)C)C[C@H]1O. The molecule has 1 unspecified atom stereocenters. The van der Waals surface area contributed by atoms with E-state index in [0.29, 0.717) is 5.92 Å². The molecule has 1 heterocycles. The monoisotopic (exact) mass is 213 g/mol. The maximum absolute atomic E-state index is 10.2. The van der Waals surface area contributed by atoms with Crippen LogP contribution in [0.5, 0.6) is 0 Å². The molecule has 0 amide bonds. The number of aliphatic hydroxyl groups excluding tert-OH is 1. The maximum Gasteiger partial charge on any atom is 0.0700 e. The fourth-order valence-electron chi connectivity index (χ4n) is 2.55. The molecule has 1 N–H and O–H groups in total. The fourth-order valence-corrected chi connectivity index (χ4v) is 2.55. The molecule has 90 valence electrons. The van der Waals surface area contributed by atoms with Gasteiger partial charge in [0.1, 0.15) is 0 Å². The van der Waals surface area contributed by atoms with Crippen LogP contribution >= 0.6 is 0 Å². The Labute approximate surface area is 94.7 Å². The van der Waals surface area contributed by atoms with E-state index < -0.39 is 0 Å². The highest BCUT2D eigenvalue weighted by Gasteiger charge is 2.38. The Morgan fingerprint density at radius 3 is 1.93 bits per heavy atom. The first-order valence-electron chi connectivity index (χ1n) is 6.05. The third-order valence-corrected chi connectivity index (χ3v) is 3.64. The van der Waals surface area contributed by atoms with Crippen LogP contribution in [0, 0.1) is 11.3 Å². The first-order chi connectivity index (χ1) is 6.62. The fraction of sp³-hybridized carbons (Fsp3) is 1.00. The Bertz CT molecular complexity index is 212. The van der Waals surface area contributed by atoms with Crippen molar-refractivity contribution in [1.29, 1.82) is 0 Å². The summed E-state index contributed by atoms with van der Waals surface area (Å²) in [6.07, 6.45) is 0.944. The zero-order chi connectivity index (χ0) is 11.9. The number of likely N-dealkylation sites (tertiary alicyclic amines) is 1. The van der Waals surface area contributed by atoms with Gasteiger partial charge in [-0.25, -0.2) is 0 Å². The quantitative estimate of drug-likeness (QED) is 0.668. The molecule has 0 spiro atoms. The number of β-amino-alcohol motifs (C(OH)–C–C–N with tert-alkyl or cyclic N) is 1. The van der Waals surface area contributed by atoms with Gasteiger partial charge in [-0.15, -0.1) is 0 Å². The molecule has 0 aliphatic carbocycles. The van der Waals surface area contributed by atoms with Crippen molar-refractivity contribution in [3.05, 3.63) is 0 Å². The third-order valence-electron chi connectivity index (χ3n) is 3.64.